The molecule has 7 nitrogen and oxygen atoms in total. The smallest absolute Gasteiger partial charge is 0.315 e. The van der Waals surface area contributed by atoms with E-state index in [1.807, 2.05) is 57.2 Å². The topological polar surface area (TPSA) is 79.3 Å². The summed E-state index contributed by atoms with van der Waals surface area (Å²) in [5, 5.41) is 11.2. The van der Waals surface area contributed by atoms with Crippen LogP contribution in [0.4, 0.5) is 16.3 Å². The Kier molecular flexibility index (Phi) is 7.67. The van der Waals surface area contributed by atoms with Crippen molar-refractivity contribution in [2.75, 3.05) is 23.7 Å². The van der Waals surface area contributed by atoms with E-state index in [0.29, 0.717) is 17.4 Å². The zero-order valence-electron chi connectivity index (χ0n) is 20.6. The highest BCUT2D eigenvalue weighted by molar-refractivity contribution is 6.30. The fourth-order valence-electron chi connectivity index (χ4n) is 3.50. The van der Waals surface area contributed by atoms with Crippen LogP contribution in [-0.2, 0) is 10.2 Å². The Morgan fingerprint density at radius 1 is 1.03 bits per heavy atom. The number of para-hydroxylation sites is 1. The number of halogens is 1. The quantitative estimate of drug-likeness (QED) is 0.457. The number of aromatic nitrogens is 2. The van der Waals surface area contributed by atoms with E-state index < -0.39 is 0 Å². The second-order valence-electron chi connectivity index (χ2n) is 9.31. The SMILES string of the molecule is CCN(CC(=O)Nc1cc(C(C)(C)C)nn1-c1ccc(Cl)cc1)C(=O)Nc1c(C)cccc1C. The Bertz CT molecular complexity index is 1160. The maximum atomic E-state index is 13.0. The largest absolute Gasteiger partial charge is 0.322 e. The summed E-state index contributed by atoms with van der Waals surface area (Å²) in [7, 11) is 0. The highest BCUT2D eigenvalue weighted by Gasteiger charge is 2.23. The van der Waals surface area contributed by atoms with Crippen molar-refractivity contribution in [3.8, 4) is 5.69 Å². The lowest BCUT2D eigenvalue weighted by Gasteiger charge is -2.22. The molecule has 0 saturated carbocycles. The first-order valence-corrected chi connectivity index (χ1v) is 11.7. The minimum atomic E-state index is -0.323. The molecule has 180 valence electrons. The minimum Gasteiger partial charge on any atom is -0.315 e. The van der Waals surface area contributed by atoms with Crippen LogP contribution < -0.4 is 10.6 Å². The number of hydrogen-bond acceptors (Lipinski definition) is 3. The highest BCUT2D eigenvalue weighted by Crippen LogP contribution is 2.27. The maximum Gasteiger partial charge on any atom is 0.322 e. The first-order valence-electron chi connectivity index (χ1n) is 11.3. The average Bonchev–Trinajstić information content (AvgIpc) is 3.19. The molecule has 0 saturated heterocycles. The molecule has 0 aliphatic rings. The van der Waals surface area contributed by atoms with Crippen LogP contribution in [0.25, 0.3) is 5.69 Å². The van der Waals surface area contributed by atoms with Gasteiger partial charge in [-0.1, -0.05) is 50.6 Å². The first kappa shape index (κ1) is 25.3. The van der Waals surface area contributed by atoms with Crippen LogP contribution in [0.5, 0.6) is 0 Å². The number of carbonyl (C=O) groups is 2. The van der Waals surface area contributed by atoms with Gasteiger partial charge in [0.2, 0.25) is 5.91 Å². The van der Waals surface area contributed by atoms with E-state index in [4.69, 9.17) is 16.7 Å². The average molecular weight is 482 g/mol. The van der Waals surface area contributed by atoms with Gasteiger partial charge in [0, 0.05) is 28.7 Å². The van der Waals surface area contributed by atoms with E-state index in [1.165, 1.54) is 4.90 Å². The minimum absolute atomic E-state index is 0.0933. The summed E-state index contributed by atoms with van der Waals surface area (Å²) < 4.78 is 1.68. The number of carbonyl (C=O) groups excluding carboxylic acids is 2. The third-order valence-corrected chi connectivity index (χ3v) is 5.78. The number of hydrogen-bond donors (Lipinski definition) is 2. The van der Waals surface area contributed by atoms with Crippen molar-refractivity contribution < 1.29 is 9.59 Å². The number of nitrogens with one attached hydrogen (secondary N) is 2. The van der Waals surface area contributed by atoms with E-state index >= 15 is 0 Å². The predicted molar refractivity (Wildman–Crippen MR) is 138 cm³/mol. The number of benzene rings is 2. The van der Waals surface area contributed by atoms with Crippen molar-refractivity contribution in [1.29, 1.82) is 0 Å². The van der Waals surface area contributed by atoms with E-state index in [-0.39, 0.29) is 23.9 Å². The van der Waals surface area contributed by atoms with Crippen LogP contribution in [0.3, 0.4) is 0 Å². The van der Waals surface area contributed by atoms with E-state index in [0.717, 1.165) is 28.2 Å². The summed E-state index contributed by atoms with van der Waals surface area (Å²) in [5.41, 5.74) is 4.10. The maximum absolute atomic E-state index is 13.0. The number of nitrogens with zero attached hydrogens (tertiary/aromatic N) is 3. The summed E-state index contributed by atoms with van der Waals surface area (Å²) in [6.07, 6.45) is 0. The lowest BCUT2D eigenvalue weighted by Crippen LogP contribution is -2.40. The molecular weight excluding hydrogens is 450 g/mol. The van der Waals surface area contributed by atoms with E-state index in [9.17, 15) is 9.59 Å². The summed E-state index contributed by atoms with van der Waals surface area (Å²) in [6.45, 7) is 12.2. The molecule has 34 heavy (non-hydrogen) atoms. The number of aryl methyl sites for hydroxylation is 2. The van der Waals surface area contributed by atoms with E-state index in [1.54, 1.807) is 16.8 Å². The molecule has 0 unspecified atom stereocenters. The van der Waals surface area contributed by atoms with Gasteiger partial charge in [0.05, 0.1) is 11.4 Å². The monoisotopic (exact) mass is 481 g/mol. The molecule has 0 fully saturated rings. The molecule has 2 aromatic carbocycles. The molecule has 0 aliphatic heterocycles. The Hall–Kier alpha value is -3.32. The normalized spacial score (nSPS) is 11.3. The molecule has 0 aliphatic carbocycles. The van der Waals surface area contributed by atoms with Crippen molar-refractivity contribution in [3.63, 3.8) is 0 Å². The number of rotatable bonds is 6. The van der Waals surface area contributed by atoms with Gasteiger partial charge in [0.1, 0.15) is 12.4 Å². The van der Waals surface area contributed by atoms with Gasteiger partial charge in [0.25, 0.3) is 0 Å². The molecule has 0 atom stereocenters. The number of amides is 3. The molecule has 8 heteroatoms. The second kappa shape index (κ2) is 10.3. The predicted octanol–water partition coefficient (Wildman–Crippen LogP) is 5.93. The molecule has 3 rings (SSSR count). The van der Waals surface area contributed by atoms with Gasteiger partial charge in [-0.15, -0.1) is 0 Å². The molecule has 1 aromatic heterocycles. The Labute approximate surface area is 206 Å². The van der Waals surface area contributed by atoms with Crippen molar-refractivity contribution in [1.82, 2.24) is 14.7 Å². The van der Waals surface area contributed by atoms with Crippen LogP contribution in [0.1, 0.15) is 44.5 Å². The van der Waals surface area contributed by atoms with Crippen LogP contribution >= 0.6 is 11.6 Å². The highest BCUT2D eigenvalue weighted by atomic mass is 35.5. The van der Waals surface area contributed by atoms with Crippen LogP contribution in [-0.4, -0.2) is 39.7 Å². The molecule has 0 radical (unpaired) electrons. The van der Waals surface area contributed by atoms with Crippen molar-refractivity contribution in [2.24, 2.45) is 0 Å². The van der Waals surface area contributed by atoms with Crippen molar-refractivity contribution in [2.45, 2.75) is 47.0 Å². The molecule has 0 spiro atoms. The second-order valence-corrected chi connectivity index (χ2v) is 9.75. The number of urea groups is 1. The Morgan fingerprint density at radius 2 is 1.65 bits per heavy atom. The third-order valence-electron chi connectivity index (χ3n) is 5.53. The van der Waals surface area contributed by atoms with Crippen LogP contribution in [0.15, 0.2) is 48.5 Å². The molecule has 3 aromatic rings. The molecule has 0 bridgehead atoms. The lowest BCUT2D eigenvalue weighted by molar-refractivity contribution is -0.116. The molecule has 2 N–H and O–H groups in total. The lowest BCUT2D eigenvalue weighted by atomic mass is 9.92. The standard InChI is InChI=1S/C26H32ClN5O2/c1-7-31(25(34)29-24-17(2)9-8-10-18(24)3)16-23(33)28-22-15-21(26(4,5)6)30-32(22)20-13-11-19(27)12-14-20/h8-15H,7,16H2,1-6H3,(H,28,33)(H,29,34). The number of anilines is 2. The van der Waals surface area contributed by atoms with Crippen LogP contribution in [0.2, 0.25) is 5.02 Å². The van der Waals surface area contributed by atoms with Gasteiger partial charge < -0.3 is 15.5 Å². The van der Waals surface area contributed by atoms with E-state index in [2.05, 4.69) is 31.4 Å². The number of likely N-dealkylation sites (N-methyl/N-ethyl adjacent to an activating group) is 1. The summed E-state index contributed by atoms with van der Waals surface area (Å²) in [4.78, 5) is 27.3. The first-order chi connectivity index (χ1) is 16.0. The molecule has 3 amide bonds. The zero-order valence-corrected chi connectivity index (χ0v) is 21.3. The van der Waals surface area contributed by atoms with Gasteiger partial charge >= 0.3 is 6.03 Å². The van der Waals surface area contributed by atoms with Gasteiger partial charge in [-0.2, -0.15) is 5.10 Å². The Morgan fingerprint density at radius 3 is 2.21 bits per heavy atom. The fourth-order valence-corrected chi connectivity index (χ4v) is 3.62. The van der Waals surface area contributed by atoms with Gasteiger partial charge in [-0.05, 0) is 56.2 Å². The fraction of sp³-hybridized carbons (Fsp3) is 0.346. The zero-order chi connectivity index (χ0) is 25.0. The van der Waals surface area contributed by atoms with Gasteiger partial charge in [-0.25, -0.2) is 9.48 Å². The summed E-state index contributed by atoms with van der Waals surface area (Å²) in [5.74, 6) is 0.220. The van der Waals surface area contributed by atoms with Gasteiger partial charge in [-0.3, -0.25) is 4.79 Å². The van der Waals surface area contributed by atoms with Crippen molar-refractivity contribution >= 4 is 35.0 Å². The van der Waals surface area contributed by atoms with Crippen molar-refractivity contribution in [3.05, 3.63) is 70.4 Å². The van der Waals surface area contributed by atoms with Crippen LogP contribution in [0, 0.1) is 13.8 Å². The van der Waals surface area contributed by atoms with Gasteiger partial charge in [0.15, 0.2) is 0 Å². The third kappa shape index (κ3) is 5.97. The summed E-state index contributed by atoms with van der Waals surface area (Å²) in [6, 6.07) is 14.6. The Balaban J connectivity index is 1.79. The summed E-state index contributed by atoms with van der Waals surface area (Å²) >= 11 is 6.04. The molecule has 1 heterocycles. The molecular formula is C26H32ClN5O2.